The fraction of sp³-hybridized carbons (Fsp3) is 0.800. The monoisotopic (exact) mass is 344 g/mol. The van der Waals surface area contributed by atoms with Crippen LogP contribution in [-0.4, -0.2) is 28.6 Å². The van der Waals surface area contributed by atoms with Crippen molar-refractivity contribution in [3.8, 4) is 0 Å². The molecular formula is C15H25BrN2O2. The van der Waals surface area contributed by atoms with E-state index in [1.54, 1.807) is 13.3 Å². The highest BCUT2D eigenvalue weighted by atomic mass is 79.9. The van der Waals surface area contributed by atoms with Crippen LogP contribution in [0.3, 0.4) is 0 Å². The molecule has 20 heavy (non-hydrogen) atoms. The summed E-state index contributed by atoms with van der Waals surface area (Å²) in [5.41, 5.74) is 0.887. The second kappa shape index (κ2) is 8.15. The molecule has 0 radical (unpaired) electrons. The highest BCUT2D eigenvalue weighted by Crippen LogP contribution is 2.32. The Kier molecular flexibility index (Phi) is 6.52. The van der Waals surface area contributed by atoms with Crippen molar-refractivity contribution in [2.75, 3.05) is 13.7 Å². The molecule has 0 spiro atoms. The van der Waals surface area contributed by atoms with Crippen LogP contribution in [0.2, 0.25) is 0 Å². The molecule has 5 heteroatoms. The van der Waals surface area contributed by atoms with Gasteiger partial charge in [0.15, 0.2) is 0 Å². The van der Waals surface area contributed by atoms with Crippen molar-refractivity contribution < 1.29 is 9.84 Å². The zero-order valence-electron chi connectivity index (χ0n) is 12.2. The van der Waals surface area contributed by atoms with Gasteiger partial charge in [0, 0.05) is 7.11 Å². The summed E-state index contributed by atoms with van der Waals surface area (Å²) in [7, 11) is 1.68. The number of halogens is 1. The molecule has 0 aromatic carbocycles. The maximum atomic E-state index is 10.5. The second-order valence-electron chi connectivity index (χ2n) is 5.69. The van der Waals surface area contributed by atoms with Gasteiger partial charge >= 0.3 is 0 Å². The average Bonchev–Trinajstić information content (AvgIpc) is 2.84. The first-order chi connectivity index (χ1) is 9.72. The van der Waals surface area contributed by atoms with Gasteiger partial charge in [-0.15, -0.1) is 0 Å². The number of rotatable bonds is 7. The summed E-state index contributed by atoms with van der Waals surface area (Å²) in [6.45, 7) is 1.29. The summed E-state index contributed by atoms with van der Waals surface area (Å²) in [5, 5.41) is 14.8. The van der Waals surface area contributed by atoms with E-state index in [2.05, 4.69) is 21.0 Å². The summed E-state index contributed by atoms with van der Waals surface area (Å²) in [6.07, 6.45) is 10.0. The SMILES string of the molecule is COCCn1ncc(Br)c1C(O)CCC1CCCCC1. The van der Waals surface area contributed by atoms with E-state index in [9.17, 15) is 5.11 Å². The molecule has 2 rings (SSSR count). The van der Waals surface area contributed by atoms with Crippen LogP contribution in [0.5, 0.6) is 0 Å². The van der Waals surface area contributed by atoms with Crippen molar-refractivity contribution in [3.05, 3.63) is 16.4 Å². The maximum Gasteiger partial charge on any atom is 0.0968 e. The summed E-state index contributed by atoms with van der Waals surface area (Å²) >= 11 is 3.49. The van der Waals surface area contributed by atoms with Crippen LogP contribution in [0.4, 0.5) is 0 Å². The first-order valence-corrected chi connectivity index (χ1v) is 8.40. The van der Waals surface area contributed by atoms with Gasteiger partial charge in [0.25, 0.3) is 0 Å². The van der Waals surface area contributed by atoms with Gasteiger partial charge in [0.1, 0.15) is 0 Å². The zero-order chi connectivity index (χ0) is 14.4. The Morgan fingerprint density at radius 1 is 1.45 bits per heavy atom. The lowest BCUT2D eigenvalue weighted by Gasteiger charge is -2.23. The molecule has 0 saturated heterocycles. The predicted molar refractivity (Wildman–Crippen MR) is 82.6 cm³/mol. The van der Waals surface area contributed by atoms with Crippen molar-refractivity contribution in [2.24, 2.45) is 5.92 Å². The minimum atomic E-state index is -0.439. The summed E-state index contributed by atoms with van der Waals surface area (Å²) in [5.74, 6) is 0.799. The average molecular weight is 345 g/mol. The van der Waals surface area contributed by atoms with Gasteiger partial charge in [0.2, 0.25) is 0 Å². The Hall–Kier alpha value is -0.390. The van der Waals surface area contributed by atoms with Gasteiger partial charge in [-0.3, -0.25) is 4.68 Å². The summed E-state index contributed by atoms with van der Waals surface area (Å²) < 4.78 is 7.83. The van der Waals surface area contributed by atoms with Gasteiger partial charge in [-0.25, -0.2) is 0 Å². The highest BCUT2D eigenvalue weighted by molar-refractivity contribution is 9.10. The van der Waals surface area contributed by atoms with Crippen LogP contribution in [0.1, 0.15) is 56.7 Å². The van der Waals surface area contributed by atoms with Crippen molar-refractivity contribution >= 4 is 15.9 Å². The van der Waals surface area contributed by atoms with Crippen LogP contribution in [0, 0.1) is 5.92 Å². The Morgan fingerprint density at radius 3 is 2.90 bits per heavy atom. The third-order valence-corrected chi connectivity index (χ3v) is 4.84. The molecule has 1 N–H and O–H groups in total. The maximum absolute atomic E-state index is 10.5. The Balaban J connectivity index is 1.90. The molecule has 1 saturated carbocycles. The van der Waals surface area contributed by atoms with E-state index >= 15 is 0 Å². The number of aliphatic hydroxyl groups excluding tert-OH is 1. The van der Waals surface area contributed by atoms with Crippen molar-refractivity contribution in [2.45, 2.75) is 57.6 Å². The van der Waals surface area contributed by atoms with Gasteiger partial charge < -0.3 is 9.84 Å². The van der Waals surface area contributed by atoms with E-state index in [1.807, 2.05) is 4.68 Å². The van der Waals surface area contributed by atoms with Gasteiger partial charge in [-0.2, -0.15) is 5.10 Å². The number of aliphatic hydroxyl groups is 1. The van der Waals surface area contributed by atoms with Crippen LogP contribution >= 0.6 is 15.9 Å². The van der Waals surface area contributed by atoms with Crippen LogP contribution in [0.25, 0.3) is 0 Å². The van der Waals surface area contributed by atoms with Crippen LogP contribution < -0.4 is 0 Å². The Morgan fingerprint density at radius 2 is 2.20 bits per heavy atom. The Bertz CT molecular complexity index is 403. The first kappa shape index (κ1) is 16.0. The zero-order valence-corrected chi connectivity index (χ0v) is 13.8. The lowest BCUT2D eigenvalue weighted by Crippen LogP contribution is -2.14. The molecule has 1 fully saturated rings. The van der Waals surface area contributed by atoms with E-state index in [1.165, 1.54) is 32.1 Å². The van der Waals surface area contributed by atoms with Crippen molar-refractivity contribution in [3.63, 3.8) is 0 Å². The van der Waals surface area contributed by atoms with Gasteiger partial charge in [-0.05, 0) is 34.7 Å². The third-order valence-electron chi connectivity index (χ3n) is 4.23. The summed E-state index contributed by atoms with van der Waals surface area (Å²) in [6, 6.07) is 0. The Labute approximate surface area is 129 Å². The van der Waals surface area contributed by atoms with Gasteiger partial charge in [-0.1, -0.05) is 32.1 Å². The second-order valence-corrected chi connectivity index (χ2v) is 6.55. The number of hydrogen-bond donors (Lipinski definition) is 1. The fourth-order valence-corrected chi connectivity index (χ4v) is 3.63. The number of methoxy groups -OCH3 is 1. The molecule has 1 aliphatic rings. The van der Waals surface area contributed by atoms with Crippen molar-refractivity contribution in [1.29, 1.82) is 0 Å². The molecule has 1 aromatic heterocycles. The number of hydrogen-bond acceptors (Lipinski definition) is 3. The molecule has 0 amide bonds. The lowest BCUT2D eigenvalue weighted by atomic mass is 9.85. The molecule has 4 nitrogen and oxygen atoms in total. The van der Waals surface area contributed by atoms with Gasteiger partial charge in [0.05, 0.1) is 35.6 Å². The largest absolute Gasteiger partial charge is 0.387 e. The number of aromatic nitrogens is 2. The minimum Gasteiger partial charge on any atom is -0.387 e. The topological polar surface area (TPSA) is 47.3 Å². The normalized spacial score (nSPS) is 18.4. The predicted octanol–water partition coefficient (Wildman–Crippen LogP) is 3.69. The van der Waals surface area contributed by atoms with Crippen molar-refractivity contribution in [1.82, 2.24) is 9.78 Å². The quantitative estimate of drug-likeness (QED) is 0.820. The molecule has 1 aliphatic carbocycles. The molecule has 114 valence electrons. The molecule has 0 aliphatic heterocycles. The number of nitrogens with zero attached hydrogens (tertiary/aromatic N) is 2. The summed E-state index contributed by atoms with van der Waals surface area (Å²) in [4.78, 5) is 0. The molecule has 1 atom stereocenters. The molecule has 0 bridgehead atoms. The molecule has 1 unspecified atom stereocenters. The fourth-order valence-electron chi connectivity index (χ4n) is 3.07. The molecule has 1 aromatic rings. The van der Waals surface area contributed by atoms with E-state index in [4.69, 9.17) is 4.74 Å². The smallest absolute Gasteiger partial charge is 0.0968 e. The van der Waals surface area contributed by atoms with E-state index < -0.39 is 6.10 Å². The lowest BCUT2D eigenvalue weighted by molar-refractivity contribution is 0.134. The minimum absolute atomic E-state index is 0.439. The first-order valence-electron chi connectivity index (χ1n) is 7.60. The molecular weight excluding hydrogens is 320 g/mol. The third kappa shape index (κ3) is 4.30. The van der Waals surface area contributed by atoms with E-state index in [-0.39, 0.29) is 0 Å². The van der Waals surface area contributed by atoms with Crippen LogP contribution in [0.15, 0.2) is 10.7 Å². The van der Waals surface area contributed by atoms with E-state index in [0.717, 1.165) is 28.9 Å². The number of ether oxygens (including phenoxy) is 1. The van der Waals surface area contributed by atoms with Crippen LogP contribution in [-0.2, 0) is 11.3 Å². The standard InChI is InChI=1S/C15H25BrN2O2/c1-20-10-9-18-15(13(16)11-17-18)14(19)8-7-12-5-3-2-4-6-12/h11-12,14,19H,2-10H2,1H3. The highest BCUT2D eigenvalue weighted by Gasteiger charge is 2.20. The molecule has 1 heterocycles. The van der Waals surface area contributed by atoms with E-state index in [0.29, 0.717) is 13.2 Å².